The summed E-state index contributed by atoms with van der Waals surface area (Å²) in [6, 6.07) is 0. The van der Waals surface area contributed by atoms with Gasteiger partial charge in [0.25, 0.3) is 0 Å². The van der Waals surface area contributed by atoms with Gasteiger partial charge in [-0.3, -0.25) is 4.79 Å². The first-order chi connectivity index (χ1) is 9.61. The van der Waals surface area contributed by atoms with Gasteiger partial charge in [-0.25, -0.2) is 4.98 Å². The van der Waals surface area contributed by atoms with Crippen LogP contribution in [0.4, 0.5) is 13.2 Å². The Balaban J connectivity index is 2.06. The van der Waals surface area contributed by atoms with Crippen LogP contribution in [0.1, 0.15) is 31.5 Å². The molecule has 2 heterocycles. The van der Waals surface area contributed by atoms with E-state index in [2.05, 4.69) is 15.6 Å². The second kappa shape index (κ2) is 5.57. The number of nitrogens with one attached hydrogen (secondary N) is 2. The molecular weight excluding hydrogens is 303 g/mol. The van der Waals surface area contributed by atoms with Crippen LogP contribution in [0.2, 0.25) is 0 Å². The molecule has 1 fully saturated rings. The summed E-state index contributed by atoms with van der Waals surface area (Å²) in [6.07, 6.45) is -4.46. The molecule has 0 bridgehead atoms. The maximum Gasteiger partial charge on any atom is 0.434 e. The standard InChI is InChI=1S/C13H18F3N3OS/c1-7(8-4-17-5-8)10(20)19-12(2,3)11-18-9(6-21-11)13(14,15)16/h6-8,17H,4-5H2,1-3H3,(H,19,20). The van der Waals surface area contributed by atoms with Gasteiger partial charge in [-0.1, -0.05) is 6.92 Å². The summed E-state index contributed by atoms with van der Waals surface area (Å²) in [5.74, 6) is -0.0503. The van der Waals surface area contributed by atoms with Gasteiger partial charge in [-0.15, -0.1) is 11.3 Å². The number of aromatic nitrogens is 1. The van der Waals surface area contributed by atoms with Gasteiger partial charge in [0.05, 0.1) is 5.54 Å². The Morgan fingerprint density at radius 3 is 2.52 bits per heavy atom. The number of amides is 1. The minimum absolute atomic E-state index is 0.157. The summed E-state index contributed by atoms with van der Waals surface area (Å²) in [4.78, 5) is 15.8. The van der Waals surface area contributed by atoms with Crippen molar-refractivity contribution in [2.24, 2.45) is 11.8 Å². The van der Waals surface area contributed by atoms with Crippen LogP contribution in [0.25, 0.3) is 0 Å². The fourth-order valence-electron chi connectivity index (χ4n) is 2.04. The number of halogens is 3. The van der Waals surface area contributed by atoms with Crippen molar-refractivity contribution < 1.29 is 18.0 Å². The van der Waals surface area contributed by atoms with Crippen LogP contribution >= 0.6 is 11.3 Å². The second-order valence-electron chi connectivity index (χ2n) is 5.86. The maximum absolute atomic E-state index is 12.6. The molecule has 4 nitrogen and oxygen atoms in total. The molecule has 1 aliphatic heterocycles. The van der Waals surface area contributed by atoms with Gasteiger partial charge in [-0.2, -0.15) is 13.2 Å². The molecule has 0 aliphatic carbocycles. The fraction of sp³-hybridized carbons (Fsp3) is 0.692. The van der Waals surface area contributed by atoms with E-state index < -0.39 is 17.4 Å². The molecule has 1 aromatic rings. The summed E-state index contributed by atoms with van der Waals surface area (Å²) in [6.45, 7) is 6.75. The second-order valence-corrected chi connectivity index (χ2v) is 6.72. The summed E-state index contributed by atoms with van der Waals surface area (Å²) >= 11 is 0.907. The molecule has 1 aromatic heterocycles. The molecule has 0 saturated carbocycles. The lowest BCUT2D eigenvalue weighted by Crippen LogP contribution is -2.52. The number of nitrogens with zero attached hydrogens (tertiary/aromatic N) is 1. The number of carbonyl (C=O) groups is 1. The van der Waals surface area contributed by atoms with Crippen molar-refractivity contribution in [1.29, 1.82) is 0 Å². The van der Waals surface area contributed by atoms with Gasteiger partial charge >= 0.3 is 6.18 Å². The molecule has 1 atom stereocenters. The van der Waals surface area contributed by atoms with Crippen LogP contribution in [0, 0.1) is 11.8 Å². The van der Waals surface area contributed by atoms with Crippen molar-refractivity contribution in [3.8, 4) is 0 Å². The molecule has 1 aliphatic rings. The minimum atomic E-state index is -4.46. The maximum atomic E-state index is 12.6. The summed E-state index contributed by atoms with van der Waals surface area (Å²) in [5, 5.41) is 7.12. The smallest absolute Gasteiger partial charge is 0.344 e. The molecule has 0 radical (unpaired) electrons. The van der Waals surface area contributed by atoms with Gasteiger partial charge in [0.15, 0.2) is 5.69 Å². The van der Waals surface area contributed by atoms with Crippen LogP contribution < -0.4 is 10.6 Å². The zero-order valence-electron chi connectivity index (χ0n) is 12.0. The molecule has 1 amide bonds. The number of thiazole rings is 1. The van der Waals surface area contributed by atoms with Crippen molar-refractivity contribution in [1.82, 2.24) is 15.6 Å². The molecule has 1 saturated heterocycles. The van der Waals surface area contributed by atoms with E-state index in [-0.39, 0.29) is 22.8 Å². The first-order valence-electron chi connectivity index (χ1n) is 6.67. The Morgan fingerprint density at radius 2 is 2.10 bits per heavy atom. The Labute approximate surface area is 125 Å². The van der Waals surface area contributed by atoms with E-state index >= 15 is 0 Å². The van der Waals surface area contributed by atoms with Crippen molar-refractivity contribution in [3.63, 3.8) is 0 Å². The topological polar surface area (TPSA) is 54.0 Å². The van der Waals surface area contributed by atoms with Crippen molar-refractivity contribution in [2.45, 2.75) is 32.5 Å². The van der Waals surface area contributed by atoms with E-state index in [1.165, 1.54) is 0 Å². The Hall–Kier alpha value is -1.15. The Kier molecular flexibility index (Phi) is 4.30. The number of alkyl halides is 3. The van der Waals surface area contributed by atoms with E-state index in [0.717, 1.165) is 29.8 Å². The molecule has 0 aromatic carbocycles. The molecule has 0 spiro atoms. The first-order valence-corrected chi connectivity index (χ1v) is 7.55. The lowest BCUT2D eigenvalue weighted by Gasteiger charge is -2.34. The lowest BCUT2D eigenvalue weighted by molar-refractivity contribution is -0.140. The highest BCUT2D eigenvalue weighted by molar-refractivity contribution is 7.09. The van der Waals surface area contributed by atoms with Crippen molar-refractivity contribution in [2.75, 3.05) is 13.1 Å². The summed E-state index contributed by atoms with van der Waals surface area (Å²) in [7, 11) is 0. The van der Waals surface area contributed by atoms with Crippen LogP contribution in [0.3, 0.4) is 0 Å². The molecule has 8 heteroatoms. The largest absolute Gasteiger partial charge is 0.434 e. The highest BCUT2D eigenvalue weighted by Gasteiger charge is 2.37. The minimum Gasteiger partial charge on any atom is -0.344 e. The SMILES string of the molecule is CC(C(=O)NC(C)(C)c1nc(C(F)(F)F)cs1)C1CNC1. The molecule has 21 heavy (non-hydrogen) atoms. The van der Waals surface area contributed by atoms with Gasteiger partial charge in [0.2, 0.25) is 5.91 Å². The zero-order chi connectivity index (χ0) is 15.8. The van der Waals surface area contributed by atoms with Gasteiger partial charge in [0, 0.05) is 11.3 Å². The Morgan fingerprint density at radius 1 is 1.48 bits per heavy atom. The monoisotopic (exact) mass is 321 g/mol. The number of hydrogen-bond acceptors (Lipinski definition) is 4. The predicted molar refractivity (Wildman–Crippen MR) is 73.8 cm³/mol. The van der Waals surface area contributed by atoms with Gasteiger partial charge < -0.3 is 10.6 Å². The predicted octanol–water partition coefficient (Wildman–Crippen LogP) is 2.37. The third-order valence-electron chi connectivity index (χ3n) is 3.70. The van der Waals surface area contributed by atoms with Crippen LogP contribution in [-0.2, 0) is 16.5 Å². The van der Waals surface area contributed by atoms with Crippen LogP contribution in [-0.4, -0.2) is 24.0 Å². The van der Waals surface area contributed by atoms with E-state index in [9.17, 15) is 18.0 Å². The third kappa shape index (κ3) is 3.55. The highest BCUT2D eigenvalue weighted by atomic mass is 32.1. The number of hydrogen-bond donors (Lipinski definition) is 2. The van der Waals surface area contributed by atoms with E-state index in [1.807, 2.05) is 6.92 Å². The van der Waals surface area contributed by atoms with E-state index in [0.29, 0.717) is 0 Å². The average molecular weight is 321 g/mol. The third-order valence-corrected chi connectivity index (χ3v) is 4.86. The van der Waals surface area contributed by atoms with Gasteiger partial charge in [0.1, 0.15) is 5.01 Å². The van der Waals surface area contributed by atoms with Crippen molar-refractivity contribution in [3.05, 3.63) is 16.1 Å². The molecule has 1 unspecified atom stereocenters. The normalized spacial score (nSPS) is 18.2. The lowest BCUT2D eigenvalue weighted by atomic mass is 9.87. The van der Waals surface area contributed by atoms with E-state index in [1.54, 1.807) is 13.8 Å². The summed E-state index contributed by atoms with van der Waals surface area (Å²) in [5.41, 5.74) is -1.84. The van der Waals surface area contributed by atoms with E-state index in [4.69, 9.17) is 0 Å². The molecule has 2 rings (SSSR count). The summed E-state index contributed by atoms with van der Waals surface area (Å²) < 4.78 is 37.8. The first kappa shape index (κ1) is 16.2. The van der Waals surface area contributed by atoms with Crippen LogP contribution in [0.5, 0.6) is 0 Å². The molecule has 118 valence electrons. The zero-order valence-corrected chi connectivity index (χ0v) is 12.9. The quantitative estimate of drug-likeness (QED) is 0.895. The molecule has 2 N–H and O–H groups in total. The Bertz CT molecular complexity index is 523. The van der Waals surface area contributed by atoms with Crippen LogP contribution in [0.15, 0.2) is 5.38 Å². The number of carbonyl (C=O) groups excluding carboxylic acids is 1. The van der Waals surface area contributed by atoms with Crippen molar-refractivity contribution >= 4 is 17.2 Å². The highest BCUT2D eigenvalue weighted by Crippen LogP contribution is 2.33. The number of rotatable bonds is 4. The molecular formula is C13H18F3N3OS. The fourth-order valence-corrected chi connectivity index (χ4v) is 2.95. The van der Waals surface area contributed by atoms with Gasteiger partial charge in [-0.05, 0) is 32.9 Å². The average Bonchev–Trinajstić information content (AvgIpc) is 2.74.